The van der Waals surface area contributed by atoms with Crippen LogP contribution in [0.4, 0.5) is 4.39 Å². The van der Waals surface area contributed by atoms with Crippen LogP contribution in [0.25, 0.3) is 5.65 Å². The first-order valence-electron chi connectivity index (χ1n) is 7.83. The summed E-state index contributed by atoms with van der Waals surface area (Å²) in [5.41, 5.74) is 0.246. The van der Waals surface area contributed by atoms with Crippen molar-refractivity contribution in [3.8, 4) is 0 Å². The van der Waals surface area contributed by atoms with E-state index in [1.54, 1.807) is 18.3 Å². The first kappa shape index (κ1) is 20.1. The van der Waals surface area contributed by atoms with Gasteiger partial charge in [0.2, 0.25) is 10.0 Å². The van der Waals surface area contributed by atoms with E-state index in [2.05, 4.69) is 25.6 Å². The second kappa shape index (κ2) is 8.17. The van der Waals surface area contributed by atoms with Crippen molar-refractivity contribution < 1.29 is 22.3 Å². The molecule has 0 aliphatic rings. The number of carbonyl (C=O) groups is 1. The summed E-state index contributed by atoms with van der Waals surface area (Å²) in [7, 11) is -3.99. The van der Waals surface area contributed by atoms with Crippen LogP contribution in [-0.4, -0.2) is 30.3 Å². The van der Waals surface area contributed by atoms with E-state index in [1.165, 1.54) is 10.5 Å². The average molecular weight is 470 g/mol. The molecular formula is C17H13BrFN3O5S. The van der Waals surface area contributed by atoms with Crippen LogP contribution in [0.1, 0.15) is 5.69 Å². The predicted octanol–water partition coefficient (Wildman–Crippen LogP) is 1.62. The first-order chi connectivity index (χ1) is 13.2. The maximum Gasteiger partial charge on any atom is 0.321 e. The number of ether oxygens (including phenoxy) is 1. The summed E-state index contributed by atoms with van der Waals surface area (Å²) < 4.78 is 46.0. The lowest BCUT2D eigenvalue weighted by atomic mass is 10.4. The Kier molecular flexibility index (Phi) is 5.87. The summed E-state index contributed by atoms with van der Waals surface area (Å²) in [5.74, 6) is -1.44. The van der Waals surface area contributed by atoms with Gasteiger partial charge in [-0.25, -0.2) is 17.8 Å². The number of nitrogens with zero attached hydrogens (tertiary/aromatic N) is 2. The van der Waals surface area contributed by atoms with Crippen LogP contribution in [0, 0.1) is 5.82 Å². The zero-order valence-corrected chi connectivity index (χ0v) is 16.5. The third-order valence-electron chi connectivity index (χ3n) is 3.59. The normalized spacial score (nSPS) is 11.5. The second-order valence-corrected chi connectivity index (χ2v) is 8.28. The van der Waals surface area contributed by atoms with Gasteiger partial charge in [-0.05, 0) is 52.3 Å². The Bertz CT molecular complexity index is 1200. The van der Waals surface area contributed by atoms with E-state index in [9.17, 15) is 22.4 Å². The summed E-state index contributed by atoms with van der Waals surface area (Å²) in [6.07, 6.45) is 1.56. The van der Waals surface area contributed by atoms with E-state index < -0.39 is 28.4 Å². The fraction of sp³-hybridized carbons (Fsp3) is 0.118. The lowest BCUT2D eigenvalue weighted by molar-refractivity contribution is -0.143. The summed E-state index contributed by atoms with van der Waals surface area (Å²) in [5, 5.41) is 0. The predicted molar refractivity (Wildman–Crippen MR) is 101 cm³/mol. The molecule has 11 heteroatoms. The van der Waals surface area contributed by atoms with Crippen molar-refractivity contribution in [3.05, 3.63) is 75.0 Å². The minimum atomic E-state index is -3.99. The van der Waals surface area contributed by atoms with Gasteiger partial charge in [0.25, 0.3) is 5.56 Å². The number of nitrogens with one attached hydrogen (secondary N) is 1. The van der Waals surface area contributed by atoms with Crippen LogP contribution in [0.5, 0.6) is 0 Å². The third kappa shape index (κ3) is 4.80. The van der Waals surface area contributed by atoms with Crippen molar-refractivity contribution in [2.24, 2.45) is 0 Å². The molecule has 0 radical (unpaired) electrons. The molecular weight excluding hydrogens is 457 g/mol. The number of benzene rings is 1. The Morgan fingerprint density at radius 1 is 1.21 bits per heavy atom. The van der Waals surface area contributed by atoms with Crippen LogP contribution in [0.2, 0.25) is 0 Å². The molecule has 0 aliphatic carbocycles. The molecule has 3 aromatic rings. The molecule has 1 aromatic carbocycles. The van der Waals surface area contributed by atoms with Crippen LogP contribution in [0.15, 0.2) is 62.8 Å². The van der Waals surface area contributed by atoms with Gasteiger partial charge < -0.3 is 4.74 Å². The van der Waals surface area contributed by atoms with Gasteiger partial charge in [-0.3, -0.25) is 14.0 Å². The van der Waals surface area contributed by atoms with Crippen molar-refractivity contribution >= 4 is 37.6 Å². The fourth-order valence-corrected chi connectivity index (χ4v) is 3.56. The Labute approximate surface area is 167 Å². The molecule has 0 atom stereocenters. The highest BCUT2D eigenvalue weighted by Crippen LogP contribution is 2.10. The summed E-state index contributed by atoms with van der Waals surface area (Å²) in [6.45, 7) is -0.919. The molecule has 0 bridgehead atoms. The third-order valence-corrected chi connectivity index (χ3v) is 5.47. The molecule has 146 valence electrons. The smallest absolute Gasteiger partial charge is 0.321 e. The maximum absolute atomic E-state index is 12.9. The van der Waals surface area contributed by atoms with E-state index in [4.69, 9.17) is 4.74 Å². The number of halogens is 2. The van der Waals surface area contributed by atoms with Gasteiger partial charge >= 0.3 is 5.97 Å². The number of rotatable bonds is 6. The molecule has 0 unspecified atom stereocenters. The molecule has 0 amide bonds. The number of sulfonamides is 1. The topological polar surface area (TPSA) is 107 Å². The number of carbonyl (C=O) groups excluding carboxylic acids is 1. The molecule has 0 fully saturated rings. The second-order valence-electron chi connectivity index (χ2n) is 5.60. The Morgan fingerprint density at radius 2 is 1.93 bits per heavy atom. The molecule has 3 rings (SSSR count). The van der Waals surface area contributed by atoms with Crippen molar-refractivity contribution in [1.82, 2.24) is 14.1 Å². The van der Waals surface area contributed by atoms with E-state index in [0.29, 0.717) is 10.1 Å². The maximum atomic E-state index is 12.9. The largest absolute Gasteiger partial charge is 0.458 e. The number of pyridine rings is 1. The van der Waals surface area contributed by atoms with E-state index in [0.717, 1.165) is 24.3 Å². The molecule has 28 heavy (non-hydrogen) atoms. The van der Waals surface area contributed by atoms with Crippen molar-refractivity contribution in [2.75, 3.05) is 6.54 Å². The number of fused-ring (bicyclic) bond motifs is 1. The van der Waals surface area contributed by atoms with E-state index in [-0.39, 0.29) is 22.8 Å². The highest BCUT2D eigenvalue weighted by molar-refractivity contribution is 9.10. The summed E-state index contributed by atoms with van der Waals surface area (Å²) in [6, 6.07) is 8.69. The van der Waals surface area contributed by atoms with Crippen LogP contribution in [0.3, 0.4) is 0 Å². The lowest BCUT2D eigenvalue weighted by Crippen LogP contribution is -2.30. The van der Waals surface area contributed by atoms with Gasteiger partial charge in [0.05, 0.1) is 10.6 Å². The van der Waals surface area contributed by atoms with E-state index >= 15 is 0 Å². The molecule has 0 aliphatic heterocycles. The van der Waals surface area contributed by atoms with Crippen LogP contribution in [-0.2, 0) is 26.2 Å². The van der Waals surface area contributed by atoms with Gasteiger partial charge in [0.15, 0.2) is 0 Å². The average Bonchev–Trinajstić information content (AvgIpc) is 2.66. The molecule has 8 nitrogen and oxygen atoms in total. The minimum absolute atomic E-state index is 0.183. The zero-order chi connectivity index (χ0) is 20.3. The van der Waals surface area contributed by atoms with Crippen molar-refractivity contribution in [1.29, 1.82) is 0 Å². The lowest BCUT2D eigenvalue weighted by Gasteiger charge is -2.08. The van der Waals surface area contributed by atoms with Gasteiger partial charge in [-0.15, -0.1) is 0 Å². The van der Waals surface area contributed by atoms with Crippen LogP contribution < -0.4 is 10.3 Å². The highest BCUT2D eigenvalue weighted by atomic mass is 79.9. The monoisotopic (exact) mass is 469 g/mol. The van der Waals surface area contributed by atoms with Gasteiger partial charge in [-0.1, -0.05) is 0 Å². The summed E-state index contributed by atoms with van der Waals surface area (Å²) in [4.78, 5) is 27.9. The van der Waals surface area contributed by atoms with Gasteiger partial charge in [0, 0.05) is 16.7 Å². The molecule has 2 heterocycles. The van der Waals surface area contributed by atoms with Gasteiger partial charge in [0.1, 0.15) is 24.6 Å². The summed E-state index contributed by atoms with van der Waals surface area (Å²) >= 11 is 3.26. The molecule has 0 saturated heterocycles. The van der Waals surface area contributed by atoms with Gasteiger partial charge in [-0.2, -0.15) is 4.72 Å². The van der Waals surface area contributed by atoms with Crippen LogP contribution >= 0.6 is 15.9 Å². The SMILES string of the molecule is O=C(CNS(=O)(=O)c1ccc(F)cc1)OCc1cc(=O)n2cc(Br)ccc2n1. The minimum Gasteiger partial charge on any atom is -0.458 e. The van der Waals surface area contributed by atoms with Crippen molar-refractivity contribution in [3.63, 3.8) is 0 Å². The Morgan fingerprint density at radius 3 is 2.64 bits per heavy atom. The Hall–Kier alpha value is -2.63. The standard InChI is InChI=1S/C17H13BrFN3O5S/c18-11-1-6-15-21-13(7-16(23)22(15)9-11)10-27-17(24)8-20-28(25,26)14-4-2-12(19)3-5-14/h1-7,9,20H,8,10H2. The number of aromatic nitrogens is 2. The Balaban J connectivity index is 1.61. The number of hydrogen-bond acceptors (Lipinski definition) is 6. The number of esters is 1. The number of hydrogen-bond donors (Lipinski definition) is 1. The zero-order valence-electron chi connectivity index (χ0n) is 14.1. The highest BCUT2D eigenvalue weighted by Gasteiger charge is 2.16. The molecule has 0 spiro atoms. The quantitative estimate of drug-likeness (QED) is 0.549. The fourth-order valence-electron chi connectivity index (χ4n) is 2.26. The molecule has 0 saturated carbocycles. The molecule has 2 aromatic heterocycles. The van der Waals surface area contributed by atoms with E-state index in [1.807, 2.05) is 0 Å². The van der Waals surface area contributed by atoms with Crippen molar-refractivity contribution in [2.45, 2.75) is 11.5 Å². The first-order valence-corrected chi connectivity index (χ1v) is 10.1. The molecule has 1 N–H and O–H groups in total.